The van der Waals surface area contributed by atoms with Crippen LogP contribution in [-0.4, -0.2) is 18.0 Å². The molecule has 1 aromatic rings. The van der Waals surface area contributed by atoms with E-state index in [1.54, 1.807) is 0 Å². The third-order valence-corrected chi connectivity index (χ3v) is 3.52. The molecule has 1 heterocycles. The number of hydrogen-bond acceptors (Lipinski definition) is 1. The first-order chi connectivity index (χ1) is 7.27. The van der Waals surface area contributed by atoms with Gasteiger partial charge in [0.2, 0.25) is 0 Å². The first-order valence-electron chi connectivity index (χ1n) is 6.06. The van der Waals surface area contributed by atoms with Gasteiger partial charge in [0.1, 0.15) is 0 Å². The van der Waals surface area contributed by atoms with Crippen molar-refractivity contribution in [1.82, 2.24) is 4.90 Å². The quantitative estimate of drug-likeness (QED) is 0.711. The molecule has 1 aliphatic heterocycles. The zero-order valence-corrected chi connectivity index (χ0v) is 9.82. The van der Waals surface area contributed by atoms with Crippen molar-refractivity contribution in [3.63, 3.8) is 0 Å². The van der Waals surface area contributed by atoms with Gasteiger partial charge in [-0.05, 0) is 37.8 Å². The third-order valence-electron chi connectivity index (χ3n) is 3.52. The van der Waals surface area contributed by atoms with Crippen LogP contribution in [0.4, 0.5) is 0 Å². The Morgan fingerprint density at radius 1 is 1.27 bits per heavy atom. The van der Waals surface area contributed by atoms with Gasteiger partial charge in [0, 0.05) is 12.6 Å². The highest BCUT2D eigenvalue weighted by Gasteiger charge is 2.21. The van der Waals surface area contributed by atoms with E-state index in [4.69, 9.17) is 0 Å². The van der Waals surface area contributed by atoms with E-state index in [2.05, 4.69) is 49.1 Å². The van der Waals surface area contributed by atoms with Gasteiger partial charge in [0.15, 0.2) is 0 Å². The van der Waals surface area contributed by atoms with E-state index in [-0.39, 0.29) is 0 Å². The molecule has 1 aromatic carbocycles. The molecular formula is C14H21N. The number of likely N-dealkylation sites (tertiary alicyclic amines) is 1. The lowest BCUT2D eigenvalue weighted by molar-refractivity contribution is 0.139. The third kappa shape index (κ3) is 2.60. The Morgan fingerprint density at radius 3 is 2.67 bits per heavy atom. The predicted molar refractivity (Wildman–Crippen MR) is 64.8 cm³/mol. The standard InChI is InChI=1S/C14H21N/c1-12-7-6-10-15(11-12)13(2)14-8-4-3-5-9-14/h3-5,8-9,12-13H,6-7,10-11H2,1-2H3/t12?,13-/m1/s1. The number of hydrogen-bond donors (Lipinski definition) is 0. The molecule has 0 aliphatic carbocycles. The van der Waals surface area contributed by atoms with Crippen molar-refractivity contribution in [2.24, 2.45) is 5.92 Å². The average Bonchev–Trinajstić information content (AvgIpc) is 2.29. The van der Waals surface area contributed by atoms with Crippen LogP contribution >= 0.6 is 0 Å². The maximum Gasteiger partial charge on any atom is 0.0319 e. The fourth-order valence-electron chi connectivity index (χ4n) is 2.52. The smallest absolute Gasteiger partial charge is 0.0319 e. The summed E-state index contributed by atoms with van der Waals surface area (Å²) in [6, 6.07) is 11.4. The zero-order chi connectivity index (χ0) is 10.7. The average molecular weight is 203 g/mol. The van der Waals surface area contributed by atoms with Crippen LogP contribution in [0.15, 0.2) is 30.3 Å². The van der Waals surface area contributed by atoms with Gasteiger partial charge in [-0.2, -0.15) is 0 Å². The molecule has 2 atom stereocenters. The van der Waals surface area contributed by atoms with Gasteiger partial charge in [-0.15, -0.1) is 0 Å². The number of rotatable bonds is 2. The summed E-state index contributed by atoms with van der Waals surface area (Å²) in [4.78, 5) is 2.61. The van der Waals surface area contributed by atoms with E-state index < -0.39 is 0 Å². The second-order valence-corrected chi connectivity index (χ2v) is 4.83. The van der Waals surface area contributed by atoms with Crippen LogP contribution in [0.2, 0.25) is 0 Å². The fraction of sp³-hybridized carbons (Fsp3) is 0.571. The molecule has 15 heavy (non-hydrogen) atoms. The minimum Gasteiger partial charge on any atom is -0.296 e. The van der Waals surface area contributed by atoms with Crippen molar-refractivity contribution in [1.29, 1.82) is 0 Å². The van der Waals surface area contributed by atoms with Crippen LogP contribution in [0.3, 0.4) is 0 Å². The van der Waals surface area contributed by atoms with Crippen LogP contribution in [0.1, 0.15) is 38.3 Å². The van der Waals surface area contributed by atoms with Crippen molar-refractivity contribution in [2.45, 2.75) is 32.7 Å². The van der Waals surface area contributed by atoms with E-state index >= 15 is 0 Å². The van der Waals surface area contributed by atoms with Crippen LogP contribution < -0.4 is 0 Å². The minimum absolute atomic E-state index is 0.578. The van der Waals surface area contributed by atoms with Crippen molar-refractivity contribution in [3.05, 3.63) is 35.9 Å². The molecule has 1 saturated heterocycles. The van der Waals surface area contributed by atoms with Crippen LogP contribution in [0, 0.1) is 5.92 Å². The molecule has 1 nitrogen and oxygen atoms in total. The van der Waals surface area contributed by atoms with Crippen LogP contribution in [0.25, 0.3) is 0 Å². The summed E-state index contributed by atoms with van der Waals surface area (Å²) in [5.74, 6) is 0.866. The van der Waals surface area contributed by atoms with Gasteiger partial charge in [-0.3, -0.25) is 4.90 Å². The topological polar surface area (TPSA) is 3.24 Å². The fourth-order valence-corrected chi connectivity index (χ4v) is 2.52. The summed E-state index contributed by atoms with van der Waals surface area (Å²) in [6.45, 7) is 7.22. The number of piperidine rings is 1. The Labute approximate surface area is 93.1 Å². The van der Waals surface area contributed by atoms with Gasteiger partial charge >= 0.3 is 0 Å². The van der Waals surface area contributed by atoms with Crippen LogP contribution in [0.5, 0.6) is 0 Å². The van der Waals surface area contributed by atoms with Gasteiger partial charge in [0.05, 0.1) is 0 Å². The summed E-state index contributed by atoms with van der Waals surface area (Å²) >= 11 is 0. The van der Waals surface area contributed by atoms with E-state index in [1.807, 2.05) is 0 Å². The van der Waals surface area contributed by atoms with Gasteiger partial charge in [-0.25, -0.2) is 0 Å². The van der Waals surface area contributed by atoms with Crippen molar-refractivity contribution in [2.75, 3.05) is 13.1 Å². The number of benzene rings is 1. The molecule has 1 fully saturated rings. The maximum atomic E-state index is 2.61. The Kier molecular flexibility index (Phi) is 3.42. The number of nitrogens with zero attached hydrogens (tertiary/aromatic N) is 1. The van der Waals surface area contributed by atoms with Gasteiger partial charge < -0.3 is 0 Å². The first-order valence-corrected chi connectivity index (χ1v) is 6.06. The van der Waals surface area contributed by atoms with Crippen molar-refractivity contribution < 1.29 is 0 Å². The summed E-state index contributed by atoms with van der Waals surface area (Å²) in [5, 5.41) is 0. The highest BCUT2D eigenvalue weighted by Crippen LogP contribution is 2.25. The molecular weight excluding hydrogens is 182 g/mol. The highest BCUT2D eigenvalue weighted by atomic mass is 15.2. The summed E-state index contributed by atoms with van der Waals surface area (Å²) in [7, 11) is 0. The van der Waals surface area contributed by atoms with Gasteiger partial charge in [-0.1, -0.05) is 37.3 Å². The molecule has 0 N–H and O–H groups in total. The first kappa shape index (κ1) is 10.7. The lowest BCUT2D eigenvalue weighted by atomic mass is 9.97. The Bertz CT molecular complexity index is 293. The second kappa shape index (κ2) is 4.80. The van der Waals surface area contributed by atoms with Crippen molar-refractivity contribution in [3.8, 4) is 0 Å². The van der Waals surface area contributed by atoms with Crippen molar-refractivity contribution >= 4 is 0 Å². The Morgan fingerprint density at radius 2 is 2.00 bits per heavy atom. The zero-order valence-electron chi connectivity index (χ0n) is 9.82. The normalized spacial score (nSPS) is 25.1. The summed E-state index contributed by atoms with van der Waals surface area (Å²) in [5.41, 5.74) is 1.45. The van der Waals surface area contributed by atoms with E-state index in [9.17, 15) is 0 Å². The molecule has 0 spiro atoms. The lowest BCUT2D eigenvalue weighted by Crippen LogP contribution is -2.36. The van der Waals surface area contributed by atoms with E-state index in [0.29, 0.717) is 6.04 Å². The molecule has 0 aromatic heterocycles. The largest absolute Gasteiger partial charge is 0.296 e. The molecule has 0 saturated carbocycles. The minimum atomic E-state index is 0.578. The SMILES string of the molecule is CC1CCCN([C@H](C)c2ccccc2)C1. The molecule has 1 heteroatoms. The van der Waals surface area contributed by atoms with Gasteiger partial charge in [0.25, 0.3) is 0 Å². The highest BCUT2D eigenvalue weighted by molar-refractivity contribution is 5.18. The molecule has 0 radical (unpaired) electrons. The molecule has 0 bridgehead atoms. The maximum absolute atomic E-state index is 2.61. The predicted octanol–water partition coefficient (Wildman–Crippen LogP) is 3.48. The molecule has 82 valence electrons. The summed E-state index contributed by atoms with van der Waals surface area (Å²) in [6.07, 6.45) is 2.76. The summed E-state index contributed by atoms with van der Waals surface area (Å²) < 4.78 is 0. The van der Waals surface area contributed by atoms with Crippen LogP contribution in [-0.2, 0) is 0 Å². The van der Waals surface area contributed by atoms with E-state index in [0.717, 1.165) is 5.92 Å². The second-order valence-electron chi connectivity index (χ2n) is 4.83. The molecule has 1 aliphatic rings. The molecule has 1 unspecified atom stereocenters. The molecule has 0 amide bonds. The monoisotopic (exact) mass is 203 g/mol. The Balaban J connectivity index is 2.04. The molecule has 2 rings (SSSR count). The lowest BCUT2D eigenvalue weighted by Gasteiger charge is -2.35. The van der Waals surface area contributed by atoms with E-state index in [1.165, 1.54) is 31.5 Å². The Hall–Kier alpha value is -0.820.